The lowest BCUT2D eigenvalue weighted by Gasteiger charge is -2.30. The van der Waals surface area contributed by atoms with Crippen molar-refractivity contribution >= 4 is 17.0 Å². The number of fused-ring (bicyclic) bond motifs is 1. The zero-order valence-corrected chi connectivity index (χ0v) is 15.8. The van der Waals surface area contributed by atoms with Gasteiger partial charge in [-0.25, -0.2) is 9.50 Å². The molecule has 1 aliphatic rings. The van der Waals surface area contributed by atoms with E-state index in [0.29, 0.717) is 5.92 Å². The van der Waals surface area contributed by atoms with Crippen LogP contribution in [0.4, 0.5) is 0 Å². The van der Waals surface area contributed by atoms with Crippen LogP contribution >= 0.6 is 11.3 Å². The number of pyridine rings is 2. The number of thiophene rings is 1. The Kier molecular flexibility index (Phi) is 4.43. The van der Waals surface area contributed by atoms with Crippen molar-refractivity contribution in [2.75, 3.05) is 13.1 Å². The summed E-state index contributed by atoms with van der Waals surface area (Å²) in [7, 11) is 0. The topological polar surface area (TPSA) is 46.3 Å². The highest BCUT2D eigenvalue weighted by molar-refractivity contribution is 7.07. The molecular formula is C21H21N5S. The summed E-state index contributed by atoms with van der Waals surface area (Å²) < 4.78 is 1.92. The lowest BCUT2D eigenvalue weighted by atomic mass is 9.96. The van der Waals surface area contributed by atoms with Crippen LogP contribution in [0.5, 0.6) is 0 Å². The molecule has 4 aromatic rings. The molecule has 5 rings (SSSR count). The molecule has 0 bridgehead atoms. The monoisotopic (exact) mass is 375 g/mol. The Labute approximate surface area is 162 Å². The van der Waals surface area contributed by atoms with Crippen molar-refractivity contribution < 1.29 is 0 Å². The first-order valence-corrected chi connectivity index (χ1v) is 10.3. The van der Waals surface area contributed by atoms with Crippen LogP contribution in [-0.4, -0.2) is 37.6 Å². The predicted octanol–water partition coefficient (Wildman–Crippen LogP) is 4.23. The summed E-state index contributed by atoms with van der Waals surface area (Å²) >= 11 is 1.77. The quantitative estimate of drug-likeness (QED) is 0.535. The largest absolute Gasteiger partial charge is 0.299 e. The molecule has 1 saturated heterocycles. The lowest BCUT2D eigenvalue weighted by molar-refractivity contribution is 0.202. The van der Waals surface area contributed by atoms with Crippen molar-refractivity contribution in [2.24, 2.45) is 0 Å². The fraction of sp³-hybridized carbons (Fsp3) is 0.286. The molecule has 0 amide bonds. The molecule has 0 atom stereocenters. The van der Waals surface area contributed by atoms with Gasteiger partial charge in [-0.05, 0) is 78.2 Å². The number of piperidine rings is 1. The van der Waals surface area contributed by atoms with Crippen LogP contribution in [0.15, 0.2) is 59.7 Å². The minimum atomic E-state index is 0.452. The summed E-state index contributed by atoms with van der Waals surface area (Å²) in [6, 6.07) is 10.4. The first-order valence-electron chi connectivity index (χ1n) is 9.35. The Balaban J connectivity index is 1.31. The van der Waals surface area contributed by atoms with E-state index in [4.69, 9.17) is 10.1 Å². The molecule has 0 aliphatic carbocycles. The number of hydrogen-bond acceptors (Lipinski definition) is 5. The van der Waals surface area contributed by atoms with Crippen LogP contribution in [0.1, 0.15) is 30.1 Å². The van der Waals surface area contributed by atoms with Gasteiger partial charge in [-0.2, -0.15) is 16.4 Å². The molecule has 0 N–H and O–H groups in total. The molecule has 27 heavy (non-hydrogen) atoms. The lowest BCUT2D eigenvalue weighted by Crippen LogP contribution is -2.32. The zero-order valence-electron chi connectivity index (χ0n) is 15.0. The van der Waals surface area contributed by atoms with Crippen LogP contribution in [0, 0.1) is 0 Å². The highest BCUT2D eigenvalue weighted by atomic mass is 32.1. The average molecular weight is 376 g/mol. The SMILES string of the molecule is c1cc(-c2ccc3nc(C4CCN(Cc5ccsc5)CC4)nn3c2)ccn1. The predicted molar refractivity (Wildman–Crippen MR) is 108 cm³/mol. The van der Waals surface area contributed by atoms with Crippen LogP contribution in [0.3, 0.4) is 0 Å². The molecule has 0 radical (unpaired) electrons. The Morgan fingerprint density at radius 3 is 2.63 bits per heavy atom. The Morgan fingerprint density at radius 2 is 1.85 bits per heavy atom. The molecule has 1 aliphatic heterocycles. The molecule has 0 aromatic carbocycles. The molecule has 136 valence electrons. The van der Waals surface area contributed by atoms with Crippen LogP contribution < -0.4 is 0 Å². The van der Waals surface area contributed by atoms with Gasteiger partial charge in [0.2, 0.25) is 0 Å². The molecule has 4 aromatic heterocycles. The van der Waals surface area contributed by atoms with Gasteiger partial charge in [-0.15, -0.1) is 0 Å². The molecule has 5 heterocycles. The summed E-state index contributed by atoms with van der Waals surface area (Å²) in [6.07, 6.45) is 7.94. The van der Waals surface area contributed by atoms with Crippen molar-refractivity contribution in [1.29, 1.82) is 0 Å². The van der Waals surface area contributed by atoms with E-state index in [-0.39, 0.29) is 0 Å². The van der Waals surface area contributed by atoms with Crippen LogP contribution in [-0.2, 0) is 6.54 Å². The van der Waals surface area contributed by atoms with Gasteiger partial charge in [0.25, 0.3) is 0 Å². The summed E-state index contributed by atoms with van der Waals surface area (Å²) in [6.45, 7) is 3.28. The third kappa shape index (κ3) is 3.50. The summed E-state index contributed by atoms with van der Waals surface area (Å²) in [5.41, 5.74) is 4.62. The molecule has 0 unspecified atom stereocenters. The molecule has 6 heteroatoms. The number of hydrogen-bond donors (Lipinski definition) is 0. The van der Waals surface area contributed by atoms with E-state index in [1.165, 1.54) is 5.56 Å². The standard InChI is InChI=1S/C21H21N5S/c1-2-20-23-21(24-26(20)14-19(1)17-3-8-22-9-4-17)18-5-10-25(11-6-18)13-16-7-12-27-15-16/h1-4,7-9,12,14-15,18H,5-6,10-11,13H2. The smallest absolute Gasteiger partial charge is 0.155 e. The van der Waals surface area contributed by atoms with E-state index in [1.54, 1.807) is 11.3 Å². The van der Waals surface area contributed by atoms with Gasteiger partial charge in [0, 0.05) is 36.6 Å². The number of nitrogens with zero attached hydrogens (tertiary/aromatic N) is 5. The van der Waals surface area contributed by atoms with Crippen molar-refractivity contribution in [3.05, 3.63) is 71.1 Å². The molecule has 5 nitrogen and oxygen atoms in total. The minimum absolute atomic E-state index is 0.452. The molecule has 1 fully saturated rings. The second-order valence-electron chi connectivity index (χ2n) is 7.11. The maximum atomic E-state index is 4.80. The van der Waals surface area contributed by atoms with Gasteiger partial charge in [0.1, 0.15) is 0 Å². The van der Waals surface area contributed by atoms with Crippen LogP contribution in [0.2, 0.25) is 0 Å². The highest BCUT2D eigenvalue weighted by Gasteiger charge is 2.24. The van der Waals surface area contributed by atoms with E-state index in [0.717, 1.165) is 55.1 Å². The van der Waals surface area contributed by atoms with Gasteiger partial charge in [0.15, 0.2) is 11.5 Å². The van der Waals surface area contributed by atoms with E-state index in [2.05, 4.69) is 45.0 Å². The van der Waals surface area contributed by atoms with Gasteiger partial charge < -0.3 is 0 Å². The van der Waals surface area contributed by atoms with Gasteiger partial charge in [0.05, 0.1) is 0 Å². The average Bonchev–Trinajstić information content (AvgIpc) is 3.38. The van der Waals surface area contributed by atoms with Crippen molar-refractivity contribution in [1.82, 2.24) is 24.5 Å². The highest BCUT2D eigenvalue weighted by Crippen LogP contribution is 2.28. The van der Waals surface area contributed by atoms with E-state index < -0.39 is 0 Å². The Morgan fingerprint density at radius 1 is 1.00 bits per heavy atom. The summed E-state index contributed by atoms with van der Waals surface area (Å²) in [5, 5.41) is 9.20. The Hall–Kier alpha value is -2.57. The fourth-order valence-corrected chi connectivity index (χ4v) is 4.44. The van der Waals surface area contributed by atoms with Gasteiger partial charge in [-0.1, -0.05) is 0 Å². The second-order valence-corrected chi connectivity index (χ2v) is 7.89. The third-order valence-electron chi connectivity index (χ3n) is 5.30. The third-order valence-corrected chi connectivity index (χ3v) is 6.03. The molecule has 0 saturated carbocycles. The zero-order chi connectivity index (χ0) is 18.1. The van der Waals surface area contributed by atoms with E-state index in [1.807, 2.05) is 29.0 Å². The first-order chi connectivity index (χ1) is 13.3. The maximum Gasteiger partial charge on any atom is 0.155 e. The molecule has 0 spiro atoms. The summed E-state index contributed by atoms with van der Waals surface area (Å²) in [4.78, 5) is 11.4. The van der Waals surface area contributed by atoms with Crippen LogP contribution in [0.25, 0.3) is 16.8 Å². The van der Waals surface area contributed by atoms with Gasteiger partial charge >= 0.3 is 0 Å². The number of rotatable bonds is 4. The minimum Gasteiger partial charge on any atom is -0.299 e. The fourth-order valence-electron chi connectivity index (χ4n) is 3.78. The number of likely N-dealkylation sites (tertiary alicyclic amines) is 1. The normalized spacial score (nSPS) is 16.1. The molecular weight excluding hydrogens is 354 g/mol. The maximum absolute atomic E-state index is 4.80. The first kappa shape index (κ1) is 16.6. The van der Waals surface area contributed by atoms with Crippen molar-refractivity contribution in [3.8, 4) is 11.1 Å². The van der Waals surface area contributed by atoms with Gasteiger partial charge in [-0.3, -0.25) is 9.88 Å². The summed E-state index contributed by atoms with van der Waals surface area (Å²) in [5.74, 6) is 1.44. The Bertz CT molecular complexity index is 1020. The van der Waals surface area contributed by atoms with Crippen molar-refractivity contribution in [2.45, 2.75) is 25.3 Å². The van der Waals surface area contributed by atoms with E-state index >= 15 is 0 Å². The van der Waals surface area contributed by atoms with Crippen molar-refractivity contribution in [3.63, 3.8) is 0 Å². The second kappa shape index (κ2) is 7.21. The number of aromatic nitrogens is 4. The van der Waals surface area contributed by atoms with E-state index in [9.17, 15) is 0 Å².